The largest absolute Gasteiger partial charge is 0.495 e. The average Bonchev–Trinajstić information content (AvgIpc) is 2.85. The van der Waals surface area contributed by atoms with Crippen LogP contribution >= 0.6 is 0 Å². The summed E-state index contributed by atoms with van der Waals surface area (Å²) in [7, 11) is -2.39. The van der Waals surface area contributed by atoms with E-state index in [4.69, 9.17) is 9.47 Å². The van der Waals surface area contributed by atoms with Gasteiger partial charge in [0.2, 0.25) is 0 Å². The molecular weight excluding hydrogens is 468 g/mol. The van der Waals surface area contributed by atoms with Crippen LogP contribution in [0.5, 0.6) is 11.5 Å². The molecule has 3 aromatic carbocycles. The zero-order valence-corrected chi connectivity index (χ0v) is 19.7. The quantitative estimate of drug-likeness (QED) is 0.271. The van der Waals surface area contributed by atoms with Crippen molar-refractivity contribution in [3.8, 4) is 22.8 Å². The van der Waals surface area contributed by atoms with E-state index < -0.39 is 16.0 Å². The Hall–Kier alpha value is -4.44. The number of nitrogens with zero attached hydrogens (tertiary/aromatic N) is 2. The number of nitrogens with one attached hydrogen (secondary N) is 2. The van der Waals surface area contributed by atoms with E-state index in [2.05, 4.69) is 20.0 Å². The Labute approximate surface area is 202 Å². The molecule has 0 fully saturated rings. The first-order valence-corrected chi connectivity index (χ1v) is 12.0. The van der Waals surface area contributed by atoms with E-state index in [-0.39, 0.29) is 4.90 Å². The first-order valence-electron chi connectivity index (χ1n) is 10.5. The highest BCUT2D eigenvalue weighted by Gasteiger charge is 2.17. The van der Waals surface area contributed by atoms with Crippen LogP contribution in [0.25, 0.3) is 11.3 Å². The van der Waals surface area contributed by atoms with Crippen LogP contribution in [0.3, 0.4) is 0 Å². The van der Waals surface area contributed by atoms with Crippen LogP contribution in [0, 0.1) is 0 Å². The van der Waals surface area contributed by atoms with Crippen LogP contribution < -0.4 is 19.5 Å². The average molecular weight is 491 g/mol. The van der Waals surface area contributed by atoms with E-state index in [0.29, 0.717) is 34.4 Å². The molecule has 178 valence electrons. The summed E-state index contributed by atoms with van der Waals surface area (Å²) in [6, 6.07) is 21.8. The number of carbonyl (C=O) groups is 1. The maximum absolute atomic E-state index is 13.0. The lowest BCUT2D eigenvalue weighted by Gasteiger charge is -2.13. The third-order valence-corrected chi connectivity index (χ3v) is 6.21. The summed E-state index contributed by atoms with van der Waals surface area (Å²) in [5.41, 5.74) is 2.30. The Morgan fingerprint density at radius 2 is 1.69 bits per heavy atom. The molecule has 0 radical (unpaired) electrons. The molecule has 1 heterocycles. The molecule has 0 saturated heterocycles. The molecule has 0 unspecified atom stereocenters. The van der Waals surface area contributed by atoms with E-state index in [0.717, 1.165) is 5.56 Å². The smallest absolute Gasteiger partial charge is 0.308 e. The second kappa shape index (κ2) is 10.2. The number of carbonyl (C=O) groups excluding carboxylic acids is 1. The molecule has 2 N–H and O–H groups in total. The molecule has 10 heteroatoms. The van der Waals surface area contributed by atoms with Crippen molar-refractivity contribution < 1.29 is 22.7 Å². The molecule has 0 amide bonds. The zero-order chi connectivity index (χ0) is 24.8. The van der Waals surface area contributed by atoms with E-state index in [9.17, 15) is 13.2 Å². The number of para-hydroxylation sites is 2. The van der Waals surface area contributed by atoms with E-state index in [1.54, 1.807) is 66.7 Å². The lowest BCUT2D eigenvalue weighted by Crippen LogP contribution is -2.13. The van der Waals surface area contributed by atoms with Gasteiger partial charge in [-0.15, -0.1) is 0 Å². The van der Waals surface area contributed by atoms with Crippen molar-refractivity contribution in [2.75, 3.05) is 17.1 Å². The van der Waals surface area contributed by atoms with Gasteiger partial charge in [-0.25, -0.2) is 18.4 Å². The van der Waals surface area contributed by atoms with Gasteiger partial charge in [0.25, 0.3) is 10.0 Å². The van der Waals surface area contributed by atoms with Gasteiger partial charge < -0.3 is 14.8 Å². The van der Waals surface area contributed by atoms with Gasteiger partial charge in [0.15, 0.2) is 0 Å². The van der Waals surface area contributed by atoms with Gasteiger partial charge in [-0.1, -0.05) is 18.2 Å². The molecule has 0 saturated carbocycles. The Balaban J connectivity index is 1.53. The molecule has 0 spiro atoms. The molecule has 1 aromatic heterocycles. The standard InChI is InChI=1S/C25H22N4O5S/c1-17(30)34-20-12-10-18(11-13-20)23-15-25(27-16-26-23)28-19-6-5-7-21(14-19)35(31,32)29-22-8-3-4-9-24(22)33-2/h3-16,29H,1-2H3,(H,26,27,28). The van der Waals surface area contributed by atoms with Crippen LogP contribution in [0.15, 0.2) is 90.1 Å². The van der Waals surface area contributed by atoms with Crippen molar-refractivity contribution in [3.63, 3.8) is 0 Å². The molecular formula is C25H22N4O5S. The summed E-state index contributed by atoms with van der Waals surface area (Å²) in [6.07, 6.45) is 1.40. The number of sulfonamides is 1. The summed E-state index contributed by atoms with van der Waals surface area (Å²) < 4.78 is 38.7. The van der Waals surface area contributed by atoms with E-state index in [1.807, 2.05) is 0 Å². The van der Waals surface area contributed by atoms with Crippen LogP contribution in [-0.2, 0) is 14.8 Å². The van der Waals surface area contributed by atoms with Gasteiger partial charge in [0, 0.05) is 24.2 Å². The van der Waals surface area contributed by atoms with Crippen molar-refractivity contribution in [3.05, 3.63) is 85.2 Å². The minimum absolute atomic E-state index is 0.0729. The number of esters is 1. The lowest BCUT2D eigenvalue weighted by atomic mass is 10.1. The van der Waals surface area contributed by atoms with Crippen LogP contribution in [0.4, 0.5) is 17.2 Å². The SMILES string of the molecule is COc1ccccc1NS(=O)(=O)c1cccc(Nc2cc(-c3ccc(OC(C)=O)cc3)ncn2)c1. The molecule has 0 aliphatic rings. The predicted molar refractivity (Wildman–Crippen MR) is 132 cm³/mol. The topological polar surface area (TPSA) is 120 Å². The number of anilines is 3. The van der Waals surface area contributed by atoms with Crippen LogP contribution in [0.1, 0.15) is 6.92 Å². The Morgan fingerprint density at radius 1 is 0.914 bits per heavy atom. The summed E-state index contributed by atoms with van der Waals surface area (Å²) in [6.45, 7) is 1.34. The van der Waals surface area contributed by atoms with Crippen LogP contribution in [-0.4, -0.2) is 31.5 Å². The lowest BCUT2D eigenvalue weighted by molar-refractivity contribution is -0.131. The van der Waals surface area contributed by atoms with Gasteiger partial charge in [0.1, 0.15) is 23.6 Å². The second-order valence-electron chi connectivity index (χ2n) is 7.37. The van der Waals surface area contributed by atoms with Crippen molar-refractivity contribution in [1.82, 2.24) is 9.97 Å². The summed E-state index contributed by atoms with van der Waals surface area (Å²) in [4.78, 5) is 19.7. The Morgan fingerprint density at radius 3 is 2.43 bits per heavy atom. The van der Waals surface area contributed by atoms with Gasteiger partial charge >= 0.3 is 5.97 Å². The minimum atomic E-state index is -3.86. The molecule has 0 bridgehead atoms. The second-order valence-corrected chi connectivity index (χ2v) is 9.05. The van der Waals surface area contributed by atoms with E-state index >= 15 is 0 Å². The van der Waals surface area contributed by atoms with Crippen molar-refractivity contribution >= 4 is 33.2 Å². The van der Waals surface area contributed by atoms with Gasteiger partial charge in [-0.05, 0) is 54.6 Å². The molecule has 0 aliphatic heterocycles. The number of benzene rings is 3. The Kier molecular flexibility index (Phi) is 6.93. The molecule has 4 rings (SSSR count). The number of hydrogen-bond acceptors (Lipinski definition) is 8. The number of aromatic nitrogens is 2. The first kappa shape index (κ1) is 23.7. The highest BCUT2D eigenvalue weighted by molar-refractivity contribution is 7.92. The van der Waals surface area contributed by atoms with Gasteiger partial charge in [-0.2, -0.15) is 0 Å². The first-order chi connectivity index (χ1) is 16.8. The number of methoxy groups -OCH3 is 1. The number of hydrogen-bond donors (Lipinski definition) is 2. The van der Waals surface area contributed by atoms with E-state index in [1.165, 1.54) is 32.5 Å². The third kappa shape index (κ3) is 5.92. The fourth-order valence-corrected chi connectivity index (χ4v) is 4.38. The normalized spacial score (nSPS) is 10.9. The third-order valence-electron chi connectivity index (χ3n) is 4.85. The highest BCUT2D eigenvalue weighted by Crippen LogP contribution is 2.28. The Bertz CT molecular complexity index is 1460. The summed E-state index contributed by atoms with van der Waals surface area (Å²) in [5.74, 6) is 0.938. The monoisotopic (exact) mass is 490 g/mol. The summed E-state index contributed by atoms with van der Waals surface area (Å²) in [5, 5.41) is 3.11. The van der Waals surface area contributed by atoms with Crippen LogP contribution in [0.2, 0.25) is 0 Å². The summed E-state index contributed by atoms with van der Waals surface area (Å²) >= 11 is 0. The number of ether oxygens (including phenoxy) is 2. The fraction of sp³-hybridized carbons (Fsp3) is 0.0800. The minimum Gasteiger partial charge on any atom is -0.495 e. The van der Waals surface area contributed by atoms with Crippen molar-refractivity contribution in [2.45, 2.75) is 11.8 Å². The molecule has 9 nitrogen and oxygen atoms in total. The molecule has 0 atom stereocenters. The zero-order valence-electron chi connectivity index (χ0n) is 18.9. The molecule has 4 aromatic rings. The van der Waals surface area contributed by atoms with Gasteiger partial charge in [0.05, 0.1) is 23.4 Å². The highest BCUT2D eigenvalue weighted by atomic mass is 32.2. The molecule has 35 heavy (non-hydrogen) atoms. The van der Waals surface area contributed by atoms with Crippen molar-refractivity contribution in [2.24, 2.45) is 0 Å². The predicted octanol–water partition coefficient (Wildman–Crippen LogP) is 4.62. The van der Waals surface area contributed by atoms with Gasteiger partial charge in [-0.3, -0.25) is 9.52 Å². The maximum Gasteiger partial charge on any atom is 0.308 e. The number of rotatable bonds is 8. The van der Waals surface area contributed by atoms with Crippen molar-refractivity contribution in [1.29, 1.82) is 0 Å². The fourth-order valence-electron chi connectivity index (χ4n) is 3.26. The maximum atomic E-state index is 13.0. The molecule has 0 aliphatic carbocycles.